The van der Waals surface area contributed by atoms with E-state index in [4.69, 9.17) is 19.2 Å². The van der Waals surface area contributed by atoms with E-state index in [1.165, 1.54) is 13.2 Å². The molecule has 0 radical (unpaired) electrons. The van der Waals surface area contributed by atoms with Gasteiger partial charge in [0.15, 0.2) is 11.5 Å². The molecule has 36 heavy (non-hydrogen) atoms. The van der Waals surface area contributed by atoms with Gasteiger partial charge in [-0.15, -0.1) is 0 Å². The molecule has 0 spiro atoms. The average molecular weight is 489 g/mol. The van der Waals surface area contributed by atoms with Crippen molar-refractivity contribution in [2.75, 3.05) is 33.7 Å². The lowest BCUT2D eigenvalue weighted by Crippen LogP contribution is -2.25. The fourth-order valence-corrected chi connectivity index (χ4v) is 4.14. The fraction of sp³-hybridized carbons (Fsp3) is 0.259. The lowest BCUT2D eigenvalue weighted by atomic mass is 9.84. The minimum atomic E-state index is -0.502. The summed E-state index contributed by atoms with van der Waals surface area (Å²) in [5.74, 6) is 0.745. The quantitative estimate of drug-likeness (QED) is 0.479. The third kappa shape index (κ3) is 4.86. The second-order valence-electron chi connectivity index (χ2n) is 8.30. The fourth-order valence-electron chi connectivity index (χ4n) is 4.14. The third-order valence-corrected chi connectivity index (χ3v) is 6.08. The van der Waals surface area contributed by atoms with Crippen molar-refractivity contribution in [3.05, 3.63) is 77.1 Å². The van der Waals surface area contributed by atoms with Crippen LogP contribution in [0, 0.1) is 5.92 Å². The molecule has 0 saturated heterocycles. The molecule has 1 aromatic heterocycles. The van der Waals surface area contributed by atoms with E-state index in [2.05, 4.69) is 22.5 Å². The van der Waals surface area contributed by atoms with Gasteiger partial charge in [0.2, 0.25) is 5.95 Å². The molecule has 0 saturated carbocycles. The van der Waals surface area contributed by atoms with Crippen LogP contribution in [0.5, 0.6) is 11.5 Å². The molecule has 2 N–H and O–H groups in total. The van der Waals surface area contributed by atoms with E-state index < -0.39 is 5.97 Å². The van der Waals surface area contributed by atoms with Gasteiger partial charge in [-0.2, -0.15) is 0 Å². The number of benzene rings is 2. The minimum absolute atomic E-state index is 0.101. The van der Waals surface area contributed by atoms with Crippen LogP contribution in [0.4, 0.5) is 5.95 Å². The standard InChI is InChI=1S/C27H28N4O5/c1-15-9-10-18(29-25(32)16-7-6-8-17(11-16)26(33)36-5)12-19(15)24-20-13-22(34-3)23(35-4)14-21(20)30-27(28-2)31-24/h6-15,19H,1-5H3,(H,29,32)(H,28,30,31). The van der Waals surface area contributed by atoms with Crippen LogP contribution in [0.25, 0.3) is 10.9 Å². The summed E-state index contributed by atoms with van der Waals surface area (Å²) < 4.78 is 15.7. The number of hydrogen-bond donors (Lipinski definition) is 2. The highest BCUT2D eigenvalue weighted by Crippen LogP contribution is 2.39. The Morgan fingerprint density at radius 1 is 0.972 bits per heavy atom. The number of hydrogen-bond acceptors (Lipinski definition) is 8. The van der Waals surface area contributed by atoms with E-state index in [0.29, 0.717) is 39.8 Å². The number of ether oxygens (including phenoxy) is 3. The molecule has 2 aromatic carbocycles. The summed E-state index contributed by atoms with van der Waals surface area (Å²) in [7, 11) is 6.23. The van der Waals surface area contributed by atoms with Crippen molar-refractivity contribution in [2.24, 2.45) is 5.92 Å². The largest absolute Gasteiger partial charge is 0.493 e. The number of aromatic nitrogens is 2. The van der Waals surface area contributed by atoms with Crippen LogP contribution in [-0.2, 0) is 4.74 Å². The van der Waals surface area contributed by atoms with Crippen LogP contribution in [0.2, 0.25) is 0 Å². The highest BCUT2D eigenvalue weighted by atomic mass is 16.5. The zero-order valence-electron chi connectivity index (χ0n) is 20.8. The molecule has 9 nitrogen and oxygen atoms in total. The van der Waals surface area contributed by atoms with E-state index in [0.717, 1.165) is 11.1 Å². The normalized spacial score (nSPS) is 16.8. The Labute approximate surface area is 209 Å². The van der Waals surface area contributed by atoms with E-state index in [1.54, 1.807) is 39.5 Å². The van der Waals surface area contributed by atoms with Crippen molar-refractivity contribution in [1.82, 2.24) is 15.3 Å². The first-order chi connectivity index (χ1) is 17.4. The lowest BCUT2D eigenvalue weighted by molar-refractivity contribution is 0.0600. The molecule has 1 aliphatic carbocycles. The summed E-state index contributed by atoms with van der Waals surface area (Å²) in [4.78, 5) is 34.2. The highest BCUT2D eigenvalue weighted by molar-refractivity contribution is 5.98. The third-order valence-electron chi connectivity index (χ3n) is 6.08. The zero-order chi connectivity index (χ0) is 25.8. The van der Waals surface area contributed by atoms with Gasteiger partial charge in [-0.05, 0) is 36.3 Å². The molecule has 2 unspecified atom stereocenters. The number of amides is 1. The summed E-state index contributed by atoms with van der Waals surface area (Å²) in [6, 6.07) is 10.1. The molecule has 9 heteroatoms. The summed E-state index contributed by atoms with van der Waals surface area (Å²) in [6.07, 6.45) is 5.87. The number of nitrogens with zero attached hydrogens (tertiary/aromatic N) is 2. The van der Waals surface area contributed by atoms with E-state index >= 15 is 0 Å². The van der Waals surface area contributed by atoms with E-state index in [1.807, 2.05) is 30.4 Å². The SMILES string of the molecule is CNc1nc(C2C=C(NC(=O)c3cccc(C(=O)OC)c3)C=CC2C)c2cc(OC)c(OC)cc2n1. The van der Waals surface area contributed by atoms with Crippen molar-refractivity contribution >= 4 is 28.7 Å². The molecular formula is C27H28N4O5. The summed E-state index contributed by atoms with van der Waals surface area (Å²) >= 11 is 0. The molecule has 186 valence electrons. The number of esters is 1. The number of carbonyl (C=O) groups excluding carboxylic acids is 2. The van der Waals surface area contributed by atoms with Crippen LogP contribution in [0.15, 0.2) is 60.3 Å². The first-order valence-corrected chi connectivity index (χ1v) is 11.4. The van der Waals surface area contributed by atoms with Gasteiger partial charge in [0.1, 0.15) is 0 Å². The Hall–Kier alpha value is -4.40. The Balaban J connectivity index is 1.72. The molecule has 2 atom stereocenters. The van der Waals surface area contributed by atoms with E-state index in [9.17, 15) is 9.59 Å². The van der Waals surface area contributed by atoms with Crippen LogP contribution < -0.4 is 20.1 Å². The molecular weight excluding hydrogens is 460 g/mol. The summed E-state index contributed by atoms with van der Waals surface area (Å²) in [5, 5.41) is 6.79. The highest BCUT2D eigenvalue weighted by Gasteiger charge is 2.25. The first-order valence-electron chi connectivity index (χ1n) is 11.4. The molecule has 1 aliphatic rings. The smallest absolute Gasteiger partial charge is 0.337 e. The number of allylic oxidation sites excluding steroid dienone is 3. The van der Waals surface area contributed by atoms with Gasteiger partial charge in [0, 0.05) is 35.7 Å². The van der Waals surface area contributed by atoms with Crippen molar-refractivity contribution in [1.29, 1.82) is 0 Å². The van der Waals surface area contributed by atoms with Crippen LogP contribution >= 0.6 is 0 Å². The number of rotatable bonds is 7. The minimum Gasteiger partial charge on any atom is -0.493 e. The zero-order valence-corrected chi connectivity index (χ0v) is 20.8. The van der Waals surface area contributed by atoms with Crippen molar-refractivity contribution in [3.8, 4) is 11.5 Å². The predicted molar refractivity (Wildman–Crippen MR) is 137 cm³/mol. The van der Waals surface area contributed by atoms with Gasteiger partial charge >= 0.3 is 5.97 Å². The predicted octanol–water partition coefficient (Wildman–Crippen LogP) is 4.08. The van der Waals surface area contributed by atoms with Gasteiger partial charge < -0.3 is 24.8 Å². The summed E-state index contributed by atoms with van der Waals surface area (Å²) in [5.41, 5.74) is 2.79. The molecule has 1 heterocycles. The maximum absolute atomic E-state index is 13.0. The molecule has 3 aromatic rings. The number of fused-ring (bicyclic) bond motifs is 1. The number of nitrogens with one attached hydrogen (secondary N) is 2. The molecule has 1 amide bonds. The molecule has 0 bridgehead atoms. The van der Waals surface area contributed by atoms with Gasteiger partial charge in [0.25, 0.3) is 5.91 Å². The van der Waals surface area contributed by atoms with Crippen LogP contribution in [0.3, 0.4) is 0 Å². The topological polar surface area (TPSA) is 112 Å². The van der Waals surface area contributed by atoms with Gasteiger partial charge in [-0.25, -0.2) is 14.8 Å². The summed E-state index contributed by atoms with van der Waals surface area (Å²) in [6.45, 7) is 2.09. The average Bonchev–Trinajstić information content (AvgIpc) is 2.92. The number of carbonyl (C=O) groups is 2. The Morgan fingerprint density at radius 3 is 2.39 bits per heavy atom. The molecule has 0 aliphatic heterocycles. The van der Waals surface area contributed by atoms with E-state index in [-0.39, 0.29) is 17.7 Å². The number of methoxy groups -OCH3 is 3. The second-order valence-corrected chi connectivity index (χ2v) is 8.30. The maximum atomic E-state index is 13.0. The van der Waals surface area contributed by atoms with Crippen LogP contribution in [0.1, 0.15) is 39.3 Å². The van der Waals surface area contributed by atoms with Crippen molar-refractivity contribution in [3.63, 3.8) is 0 Å². The van der Waals surface area contributed by atoms with Gasteiger partial charge in [0.05, 0.1) is 38.1 Å². The van der Waals surface area contributed by atoms with Crippen molar-refractivity contribution in [2.45, 2.75) is 12.8 Å². The second kappa shape index (κ2) is 10.5. The van der Waals surface area contributed by atoms with Crippen LogP contribution in [-0.4, -0.2) is 50.2 Å². The Kier molecular flexibility index (Phi) is 7.19. The number of anilines is 1. The Bertz CT molecular complexity index is 1380. The van der Waals surface area contributed by atoms with Gasteiger partial charge in [-0.1, -0.05) is 25.1 Å². The molecule has 0 fully saturated rings. The monoisotopic (exact) mass is 488 g/mol. The first kappa shape index (κ1) is 24.7. The molecule has 4 rings (SSSR count). The van der Waals surface area contributed by atoms with Gasteiger partial charge in [-0.3, -0.25) is 4.79 Å². The maximum Gasteiger partial charge on any atom is 0.337 e. The van der Waals surface area contributed by atoms with Crippen molar-refractivity contribution < 1.29 is 23.8 Å². The lowest BCUT2D eigenvalue weighted by Gasteiger charge is -2.25. The Morgan fingerprint density at radius 2 is 1.69 bits per heavy atom.